The van der Waals surface area contributed by atoms with Gasteiger partial charge in [-0.05, 0) is 13.3 Å². The van der Waals surface area contributed by atoms with Crippen LogP contribution in [0.5, 0.6) is 0 Å². The van der Waals surface area contributed by atoms with E-state index in [-0.39, 0.29) is 6.42 Å². The lowest BCUT2D eigenvalue weighted by atomic mass is 9.61. The number of alkyl halides is 2. The molecule has 0 aliphatic rings. The molecule has 0 aromatic rings. The van der Waals surface area contributed by atoms with E-state index in [0.717, 1.165) is 0 Å². The molecule has 0 aliphatic carbocycles. The Balaban J connectivity index is 4.85. The lowest BCUT2D eigenvalue weighted by Crippen LogP contribution is -2.50. The molecule has 12 heavy (non-hydrogen) atoms. The topological polar surface area (TPSA) is 0 Å². The Hall–Kier alpha value is 0.355. The summed E-state index contributed by atoms with van der Waals surface area (Å²) in [6.07, 6.45) is 0.105. The summed E-state index contributed by atoms with van der Waals surface area (Å²) in [5.74, 6) is 0. The van der Waals surface area contributed by atoms with Crippen LogP contribution in [0.15, 0.2) is 0 Å². The quantitative estimate of drug-likeness (QED) is 0.476. The maximum absolute atomic E-state index is 13.6. The lowest BCUT2D eigenvalue weighted by Gasteiger charge is -2.44. The molecule has 0 aliphatic heterocycles. The van der Waals surface area contributed by atoms with E-state index in [0.29, 0.717) is 0 Å². The SMILES string of the molecule is [B]C(F)(CC)C(C)(C)C(C)(F)P. The van der Waals surface area contributed by atoms with Gasteiger partial charge in [0.25, 0.3) is 0 Å². The molecule has 0 aromatic carbocycles. The molecule has 0 nitrogen and oxygen atoms in total. The smallest absolute Gasteiger partial charge is 0.128 e. The molecule has 0 rings (SSSR count). The largest absolute Gasteiger partial charge is 0.254 e. The van der Waals surface area contributed by atoms with Gasteiger partial charge in [0.15, 0.2) is 0 Å². The van der Waals surface area contributed by atoms with Gasteiger partial charge >= 0.3 is 0 Å². The van der Waals surface area contributed by atoms with Gasteiger partial charge in [-0.2, -0.15) is 0 Å². The van der Waals surface area contributed by atoms with Crippen molar-refractivity contribution in [2.24, 2.45) is 5.41 Å². The van der Waals surface area contributed by atoms with Crippen molar-refractivity contribution >= 4 is 17.1 Å². The van der Waals surface area contributed by atoms with Crippen LogP contribution in [0.3, 0.4) is 0 Å². The Morgan fingerprint density at radius 3 is 1.67 bits per heavy atom. The number of halogens is 2. The average molecular weight is 192 g/mol. The molecule has 4 heteroatoms. The predicted molar refractivity (Wildman–Crippen MR) is 52.9 cm³/mol. The van der Waals surface area contributed by atoms with Crippen molar-refractivity contribution in [3.8, 4) is 0 Å². The molecule has 0 heterocycles. The first kappa shape index (κ1) is 12.4. The molecule has 3 atom stereocenters. The second-order valence-electron chi connectivity index (χ2n) is 3.92. The highest BCUT2D eigenvalue weighted by atomic mass is 31.0. The zero-order chi connectivity index (χ0) is 10.2. The monoisotopic (exact) mass is 192 g/mol. The molecule has 0 fully saturated rings. The molecular weight excluding hydrogens is 176 g/mol. The lowest BCUT2D eigenvalue weighted by molar-refractivity contribution is 0.00323. The minimum Gasteiger partial charge on any atom is -0.254 e. The van der Waals surface area contributed by atoms with Gasteiger partial charge in [-0.1, -0.05) is 30.0 Å². The number of hydrogen-bond donors (Lipinski definition) is 0. The minimum absolute atomic E-state index is 0.105. The van der Waals surface area contributed by atoms with Gasteiger partial charge in [0.2, 0.25) is 0 Å². The standard InChI is InChI=1S/C8H16BF2P/c1-5-8(9,11)6(2,3)7(4,10)12/h5,12H2,1-4H3. The van der Waals surface area contributed by atoms with E-state index >= 15 is 0 Å². The minimum atomic E-state index is -1.97. The van der Waals surface area contributed by atoms with Crippen LogP contribution in [0.25, 0.3) is 0 Å². The predicted octanol–water partition coefficient (Wildman–Crippen LogP) is 2.82. The molecule has 0 aromatic heterocycles. The fourth-order valence-corrected chi connectivity index (χ4v) is 1.09. The van der Waals surface area contributed by atoms with Crippen molar-refractivity contribution in [3.63, 3.8) is 0 Å². The van der Waals surface area contributed by atoms with Crippen LogP contribution < -0.4 is 0 Å². The van der Waals surface area contributed by atoms with Crippen LogP contribution in [-0.4, -0.2) is 18.8 Å². The molecular formula is C8H16BF2P. The normalized spacial score (nSPS) is 22.9. The van der Waals surface area contributed by atoms with E-state index in [4.69, 9.17) is 7.85 Å². The van der Waals surface area contributed by atoms with Crippen molar-refractivity contribution in [1.29, 1.82) is 0 Å². The summed E-state index contributed by atoms with van der Waals surface area (Å²) in [7, 11) is 7.35. The maximum atomic E-state index is 13.6. The van der Waals surface area contributed by atoms with Crippen LogP contribution in [0.1, 0.15) is 34.1 Å². The van der Waals surface area contributed by atoms with Crippen LogP contribution in [-0.2, 0) is 0 Å². The Morgan fingerprint density at radius 1 is 1.25 bits per heavy atom. The zero-order valence-electron chi connectivity index (χ0n) is 8.12. The molecule has 2 radical (unpaired) electrons. The van der Waals surface area contributed by atoms with Gasteiger partial charge < -0.3 is 0 Å². The van der Waals surface area contributed by atoms with E-state index in [1.807, 2.05) is 9.24 Å². The molecule has 0 N–H and O–H groups in total. The Morgan fingerprint density at radius 2 is 1.58 bits per heavy atom. The van der Waals surface area contributed by atoms with Crippen LogP contribution in [0.4, 0.5) is 8.78 Å². The van der Waals surface area contributed by atoms with E-state index < -0.39 is 16.4 Å². The Labute approximate surface area is 77.1 Å². The van der Waals surface area contributed by atoms with Crippen molar-refractivity contribution in [1.82, 2.24) is 0 Å². The van der Waals surface area contributed by atoms with Gasteiger partial charge in [-0.3, -0.25) is 4.39 Å². The third-order valence-corrected chi connectivity index (χ3v) is 3.50. The zero-order valence-corrected chi connectivity index (χ0v) is 9.27. The van der Waals surface area contributed by atoms with E-state index in [2.05, 4.69) is 0 Å². The molecule has 0 amide bonds. The second-order valence-corrected chi connectivity index (χ2v) is 5.00. The van der Waals surface area contributed by atoms with E-state index in [1.54, 1.807) is 6.92 Å². The average Bonchev–Trinajstić information content (AvgIpc) is 1.85. The highest BCUT2D eigenvalue weighted by Crippen LogP contribution is 2.49. The fourth-order valence-electron chi connectivity index (χ4n) is 0.848. The first-order valence-corrected chi connectivity index (χ1v) is 4.59. The number of hydrogen-bond acceptors (Lipinski definition) is 0. The van der Waals surface area contributed by atoms with Crippen LogP contribution in [0, 0.1) is 5.41 Å². The van der Waals surface area contributed by atoms with Gasteiger partial charge in [0, 0.05) is 5.41 Å². The van der Waals surface area contributed by atoms with Gasteiger partial charge in [-0.25, -0.2) is 4.39 Å². The van der Waals surface area contributed by atoms with Gasteiger partial charge in [-0.15, -0.1) is 0 Å². The Bertz CT molecular complexity index is 161. The first-order valence-electron chi connectivity index (χ1n) is 4.02. The molecule has 0 saturated heterocycles. The van der Waals surface area contributed by atoms with Gasteiger partial charge in [0.05, 0.1) is 5.57 Å². The molecule has 70 valence electrons. The van der Waals surface area contributed by atoms with Crippen molar-refractivity contribution in [2.75, 3.05) is 0 Å². The van der Waals surface area contributed by atoms with Crippen molar-refractivity contribution < 1.29 is 8.78 Å². The molecule has 0 spiro atoms. The maximum Gasteiger partial charge on any atom is 0.128 e. The fraction of sp³-hybridized carbons (Fsp3) is 1.00. The summed E-state index contributed by atoms with van der Waals surface area (Å²) in [5.41, 5.74) is -3.18. The highest BCUT2D eigenvalue weighted by molar-refractivity contribution is 7.18. The summed E-state index contributed by atoms with van der Waals surface area (Å²) in [6.45, 7) is 5.90. The third kappa shape index (κ3) is 1.99. The summed E-state index contributed by atoms with van der Waals surface area (Å²) < 4.78 is 27.1. The van der Waals surface area contributed by atoms with Crippen molar-refractivity contribution in [2.45, 2.75) is 45.1 Å². The molecule has 3 unspecified atom stereocenters. The summed E-state index contributed by atoms with van der Waals surface area (Å²) in [5, 5.41) is -1.70. The molecule has 0 bridgehead atoms. The second kappa shape index (κ2) is 3.25. The van der Waals surface area contributed by atoms with E-state index in [9.17, 15) is 8.78 Å². The van der Waals surface area contributed by atoms with Crippen LogP contribution >= 0.6 is 9.24 Å². The summed E-state index contributed by atoms with van der Waals surface area (Å²) in [6, 6.07) is 0. The summed E-state index contributed by atoms with van der Waals surface area (Å²) >= 11 is 0. The van der Waals surface area contributed by atoms with Gasteiger partial charge in [0.1, 0.15) is 13.3 Å². The first-order chi connectivity index (χ1) is 5.06. The Kier molecular flexibility index (Phi) is 3.35. The summed E-state index contributed by atoms with van der Waals surface area (Å²) in [4.78, 5) is 0. The molecule has 0 saturated carbocycles. The van der Waals surface area contributed by atoms with Crippen LogP contribution in [0.2, 0.25) is 0 Å². The third-order valence-electron chi connectivity index (χ3n) is 2.78. The van der Waals surface area contributed by atoms with E-state index in [1.165, 1.54) is 20.8 Å². The van der Waals surface area contributed by atoms with Crippen molar-refractivity contribution in [3.05, 3.63) is 0 Å². The highest BCUT2D eigenvalue weighted by Gasteiger charge is 2.50. The number of rotatable bonds is 3.